The maximum Gasteiger partial charge on any atom is 0.304 e. The Kier molecular flexibility index (Phi) is 5.95. The smallest absolute Gasteiger partial charge is 0.304 e. The molecule has 0 bridgehead atoms. The zero-order valence-electron chi connectivity index (χ0n) is 10.4. The largest absolute Gasteiger partial charge is 0.481 e. The van der Waals surface area contributed by atoms with Crippen molar-refractivity contribution in [2.45, 2.75) is 19.4 Å². The lowest BCUT2D eigenvalue weighted by molar-refractivity contribution is -0.137. The predicted octanol–water partition coefficient (Wildman–Crippen LogP) is 1.58. The molecule has 0 saturated heterocycles. The first-order chi connectivity index (χ1) is 8.97. The van der Waals surface area contributed by atoms with E-state index in [0.717, 1.165) is 0 Å². The number of nitrogens with zero attached hydrogens (tertiary/aromatic N) is 1. The second-order valence-electron chi connectivity index (χ2n) is 4.19. The zero-order valence-corrected chi connectivity index (χ0v) is 10.4. The number of carboxylic acid groups (broad SMARTS) is 2. The van der Waals surface area contributed by atoms with Gasteiger partial charge in [0.05, 0.1) is 12.8 Å². The topological polar surface area (TPSA) is 77.8 Å². The lowest BCUT2D eigenvalue weighted by atomic mass is 10.2. The number of carboxylic acids is 2. The highest BCUT2D eigenvalue weighted by Gasteiger charge is 2.10. The standard InChI is InChI=1S/C13H16FNO4/c14-11-3-1-2-10(8-11)9-15(6-4-12(16)17)7-5-13(18)19/h1-3,8H,4-7,9H2,(H,16,17)(H,18,19). The Morgan fingerprint density at radius 2 is 1.68 bits per heavy atom. The lowest BCUT2D eigenvalue weighted by Crippen LogP contribution is -2.28. The van der Waals surface area contributed by atoms with Crippen LogP contribution in [0.3, 0.4) is 0 Å². The molecule has 5 nitrogen and oxygen atoms in total. The van der Waals surface area contributed by atoms with Gasteiger partial charge in [-0.3, -0.25) is 14.5 Å². The van der Waals surface area contributed by atoms with Gasteiger partial charge in [-0.15, -0.1) is 0 Å². The van der Waals surface area contributed by atoms with E-state index in [-0.39, 0.29) is 31.7 Å². The Morgan fingerprint density at radius 3 is 2.16 bits per heavy atom. The molecule has 104 valence electrons. The molecular weight excluding hydrogens is 253 g/mol. The molecule has 0 aromatic heterocycles. The minimum Gasteiger partial charge on any atom is -0.481 e. The van der Waals surface area contributed by atoms with Gasteiger partial charge < -0.3 is 10.2 Å². The maximum absolute atomic E-state index is 13.0. The van der Waals surface area contributed by atoms with Gasteiger partial charge in [-0.1, -0.05) is 12.1 Å². The van der Waals surface area contributed by atoms with E-state index in [2.05, 4.69) is 0 Å². The van der Waals surface area contributed by atoms with Crippen LogP contribution in [-0.2, 0) is 16.1 Å². The van der Waals surface area contributed by atoms with Crippen molar-refractivity contribution in [1.29, 1.82) is 0 Å². The molecule has 0 heterocycles. The Bertz CT molecular complexity index is 432. The van der Waals surface area contributed by atoms with Crippen LogP contribution >= 0.6 is 0 Å². The summed E-state index contributed by atoms with van der Waals surface area (Å²) in [4.78, 5) is 22.8. The molecule has 6 heteroatoms. The van der Waals surface area contributed by atoms with Crippen molar-refractivity contribution in [3.8, 4) is 0 Å². The predicted molar refractivity (Wildman–Crippen MR) is 66.2 cm³/mol. The minimum absolute atomic E-state index is 0.0745. The summed E-state index contributed by atoms with van der Waals surface area (Å²) >= 11 is 0. The summed E-state index contributed by atoms with van der Waals surface area (Å²) in [6, 6.07) is 5.96. The van der Waals surface area contributed by atoms with E-state index < -0.39 is 11.9 Å². The van der Waals surface area contributed by atoms with Crippen molar-refractivity contribution >= 4 is 11.9 Å². The van der Waals surface area contributed by atoms with Crippen molar-refractivity contribution in [3.63, 3.8) is 0 Å². The second-order valence-corrected chi connectivity index (χ2v) is 4.19. The Balaban J connectivity index is 2.61. The van der Waals surface area contributed by atoms with E-state index in [1.54, 1.807) is 17.0 Å². The molecular formula is C13H16FNO4. The molecule has 0 aliphatic rings. The third-order valence-electron chi connectivity index (χ3n) is 2.58. The average Bonchev–Trinajstić information content (AvgIpc) is 2.32. The van der Waals surface area contributed by atoms with Crippen LogP contribution in [-0.4, -0.2) is 40.1 Å². The van der Waals surface area contributed by atoms with E-state index in [1.165, 1.54) is 12.1 Å². The van der Waals surface area contributed by atoms with Crippen molar-refractivity contribution < 1.29 is 24.2 Å². The van der Waals surface area contributed by atoms with Gasteiger partial charge in [-0.25, -0.2) is 4.39 Å². The molecule has 0 amide bonds. The van der Waals surface area contributed by atoms with E-state index in [9.17, 15) is 14.0 Å². The van der Waals surface area contributed by atoms with Gasteiger partial charge in [-0.05, 0) is 17.7 Å². The number of hydrogen-bond acceptors (Lipinski definition) is 3. The summed E-state index contributed by atoms with van der Waals surface area (Å²) in [5.74, 6) is -2.26. The van der Waals surface area contributed by atoms with Gasteiger partial charge in [-0.2, -0.15) is 0 Å². The SMILES string of the molecule is O=C(O)CCN(CCC(=O)O)Cc1cccc(F)c1. The summed E-state index contributed by atoms with van der Waals surface area (Å²) in [7, 11) is 0. The third kappa shape index (κ3) is 6.52. The fourth-order valence-corrected chi connectivity index (χ4v) is 1.67. The quantitative estimate of drug-likeness (QED) is 0.749. The monoisotopic (exact) mass is 269 g/mol. The first-order valence-corrected chi connectivity index (χ1v) is 5.88. The molecule has 0 fully saturated rings. The Labute approximate surface area is 110 Å². The van der Waals surface area contributed by atoms with Crippen molar-refractivity contribution in [1.82, 2.24) is 4.90 Å². The molecule has 0 saturated carbocycles. The third-order valence-corrected chi connectivity index (χ3v) is 2.58. The van der Waals surface area contributed by atoms with E-state index in [4.69, 9.17) is 10.2 Å². The number of aliphatic carboxylic acids is 2. The number of rotatable bonds is 8. The highest BCUT2D eigenvalue weighted by molar-refractivity contribution is 5.67. The minimum atomic E-state index is -0.945. The first-order valence-electron chi connectivity index (χ1n) is 5.88. The summed E-state index contributed by atoms with van der Waals surface area (Å²) in [6.45, 7) is 0.802. The fourth-order valence-electron chi connectivity index (χ4n) is 1.67. The van der Waals surface area contributed by atoms with Crippen molar-refractivity contribution in [2.75, 3.05) is 13.1 Å². The number of carbonyl (C=O) groups is 2. The molecule has 0 aliphatic carbocycles. The Hall–Kier alpha value is -1.95. The lowest BCUT2D eigenvalue weighted by Gasteiger charge is -2.20. The molecule has 2 N–H and O–H groups in total. The summed E-state index contributed by atoms with van der Waals surface area (Å²) < 4.78 is 13.0. The van der Waals surface area contributed by atoms with Gasteiger partial charge in [0.15, 0.2) is 0 Å². The van der Waals surface area contributed by atoms with Crippen LogP contribution in [0.15, 0.2) is 24.3 Å². The Morgan fingerprint density at radius 1 is 1.11 bits per heavy atom. The molecule has 1 aromatic rings. The summed E-state index contributed by atoms with van der Waals surface area (Å²) in [6.07, 6.45) is -0.149. The summed E-state index contributed by atoms with van der Waals surface area (Å²) in [5.41, 5.74) is 0.691. The van der Waals surface area contributed by atoms with Gasteiger partial charge in [0.2, 0.25) is 0 Å². The van der Waals surface area contributed by atoms with Crippen LogP contribution in [0.2, 0.25) is 0 Å². The molecule has 1 rings (SSSR count). The molecule has 0 aliphatic heterocycles. The van der Waals surface area contributed by atoms with Gasteiger partial charge in [0, 0.05) is 19.6 Å². The van der Waals surface area contributed by atoms with Gasteiger partial charge in [0.1, 0.15) is 5.82 Å². The highest BCUT2D eigenvalue weighted by Crippen LogP contribution is 2.08. The molecule has 0 radical (unpaired) electrons. The van der Waals surface area contributed by atoms with Crippen LogP contribution in [0.25, 0.3) is 0 Å². The van der Waals surface area contributed by atoms with Gasteiger partial charge in [0.25, 0.3) is 0 Å². The molecule has 19 heavy (non-hydrogen) atoms. The molecule has 0 unspecified atom stereocenters. The normalized spacial score (nSPS) is 10.6. The van der Waals surface area contributed by atoms with Crippen molar-refractivity contribution in [3.05, 3.63) is 35.6 Å². The van der Waals surface area contributed by atoms with Crippen LogP contribution in [0.4, 0.5) is 4.39 Å². The fraction of sp³-hybridized carbons (Fsp3) is 0.385. The van der Waals surface area contributed by atoms with Crippen LogP contribution in [0.5, 0.6) is 0 Å². The van der Waals surface area contributed by atoms with Gasteiger partial charge >= 0.3 is 11.9 Å². The summed E-state index contributed by atoms with van der Waals surface area (Å²) in [5, 5.41) is 17.3. The van der Waals surface area contributed by atoms with E-state index in [1.807, 2.05) is 0 Å². The first kappa shape index (κ1) is 15.1. The van der Waals surface area contributed by atoms with Crippen molar-refractivity contribution in [2.24, 2.45) is 0 Å². The second kappa shape index (κ2) is 7.48. The molecule has 0 spiro atoms. The number of halogens is 1. The maximum atomic E-state index is 13.0. The number of hydrogen-bond donors (Lipinski definition) is 2. The van der Waals surface area contributed by atoms with Crippen LogP contribution in [0, 0.1) is 5.82 Å². The van der Waals surface area contributed by atoms with Crippen LogP contribution < -0.4 is 0 Å². The average molecular weight is 269 g/mol. The molecule has 1 aromatic carbocycles. The zero-order chi connectivity index (χ0) is 14.3. The van der Waals surface area contributed by atoms with E-state index in [0.29, 0.717) is 12.1 Å². The molecule has 0 atom stereocenters. The van der Waals surface area contributed by atoms with Crippen LogP contribution in [0.1, 0.15) is 18.4 Å². The number of benzene rings is 1. The van der Waals surface area contributed by atoms with E-state index >= 15 is 0 Å². The highest BCUT2D eigenvalue weighted by atomic mass is 19.1.